The molecule has 1 atom stereocenters. The van der Waals surface area contributed by atoms with Gasteiger partial charge in [0.25, 0.3) is 10.0 Å². The lowest BCUT2D eigenvalue weighted by molar-refractivity contribution is -0.192. The van der Waals surface area contributed by atoms with Crippen molar-refractivity contribution >= 4 is 50.1 Å². The highest BCUT2D eigenvalue weighted by Gasteiger charge is 2.38. The van der Waals surface area contributed by atoms with Crippen LogP contribution in [0.2, 0.25) is 0 Å². The van der Waals surface area contributed by atoms with Gasteiger partial charge in [-0.2, -0.15) is 13.2 Å². The summed E-state index contributed by atoms with van der Waals surface area (Å²) >= 11 is 0. The van der Waals surface area contributed by atoms with E-state index >= 15 is 0 Å². The van der Waals surface area contributed by atoms with E-state index in [4.69, 9.17) is 14.6 Å². The van der Waals surface area contributed by atoms with Crippen molar-refractivity contribution in [2.75, 3.05) is 29.4 Å². The number of carboxylic acid groups (broad SMARTS) is 3. The maximum absolute atomic E-state index is 13.5. The summed E-state index contributed by atoms with van der Waals surface area (Å²) in [5, 5.41) is 27.4. The maximum Gasteiger partial charge on any atom is 0.490 e. The molecule has 0 spiro atoms. The lowest BCUT2D eigenvalue weighted by Gasteiger charge is -2.28. The Labute approximate surface area is 232 Å². The molecule has 41 heavy (non-hydrogen) atoms. The van der Waals surface area contributed by atoms with Crippen LogP contribution in [-0.2, 0) is 24.4 Å². The lowest BCUT2D eigenvalue weighted by Crippen LogP contribution is -2.37. The van der Waals surface area contributed by atoms with Crippen LogP contribution in [0.1, 0.15) is 12.8 Å². The van der Waals surface area contributed by atoms with Crippen molar-refractivity contribution in [1.82, 2.24) is 0 Å². The minimum absolute atomic E-state index is 0.0757. The Kier molecular flexibility index (Phi) is 9.32. The molecule has 1 fully saturated rings. The highest BCUT2D eigenvalue weighted by Crippen LogP contribution is 2.39. The van der Waals surface area contributed by atoms with Gasteiger partial charge in [-0.15, -0.1) is 0 Å². The Morgan fingerprint density at radius 1 is 0.976 bits per heavy atom. The van der Waals surface area contributed by atoms with Crippen LogP contribution in [0.15, 0.2) is 65.6 Å². The number of ether oxygens (including phenoxy) is 1. The number of aliphatic carboxylic acids is 3. The van der Waals surface area contributed by atoms with Crippen LogP contribution in [-0.4, -0.2) is 74.1 Å². The number of hydrogen-bond donors (Lipinski definition) is 3. The number of nitrogens with zero attached hydrogens (tertiary/aromatic N) is 2. The van der Waals surface area contributed by atoms with E-state index in [1.165, 1.54) is 31.4 Å². The third-order valence-electron chi connectivity index (χ3n) is 6.16. The van der Waals surface area contributed by atoms with E-state index in [0.717, 1.165) is 10.7 Å². The number of carboxylic acids is 3. The fraction of sp³-hybridized carbons (Fsp3) is 0.269. The van der Waals surface area contributed by atoms with E-state index in [1.54, 1.807) is 41.3 Å². The Morgan fingerprint density at radius 3 is 2.07 bits per heavy atom. The first-order valence-corrected chi connectivity index (χ1v) is 13.3. The number of hydrogen-bond acceptors (Lipinski definition) is 7. The molecule has 1 aliphatic heterocycles. The predicted octanol–water partition coefficient (Wildman–Crippen LogP) is 3.82. The van der Waals surface area contributed by atoms with Crippen LogP contribution >= 0.6 is 0 Å². The third kappa shape index (κ3) is 6.98. The van der Waals surface area contributed by atoms with Crippen LogP contribution in [0, 0.1) is 0 Å². The number of halogens is 3. The topological polar surface area (TPSA) is 162 Å². The van der Waals surface area contributed by atoms with Crippen LogP contribution in [0.4, 0.5) is 24.5 Å². The Balaban J connectivity index is 0.000000587. The number of sulfonamides is 1. The summed E-state index contributed by atoms with van der Waals surface area (Å²) in [6.07, 6.45) is -3.84. The highest BCUT2D eigenvalue weighted by molar-refractivity contribution is 7.92. The molecule has 0 aromatic heterocycles. The zero-order valence-electron chi connectivity index (χ0n) is 21.4. The fourth-order valence-corrected chi connectivity index (χ4v) is 5.78. The summed E-state index contributed by atoms with van der Waals surface area (Å²) in [7, 11) is -2.77. The first kappa shape index (κ1) is 31.0. The predicted molar refractivity (Wildman–Crippen MR) is 141 cm³/mol. The monoisotopic (exact) mass is 598 g/mol. The van der Waals surface area contributed by atoms with Gasteiger partial charge in [0.05, 0.1) is 17.7 Å². The van der Waals surface area contributed by atoms with Crippen molar-refractivity contribution in [1.29, 1.82) is 0 Å². The van der Waals surface area contributed by atoms with Gasteiger partial charge in [-0.3, -0.25) is 9.10 Å². The van der Waals surface area contributed by atoms with Crippen LogP contribution in [0.5, 0.6) is 5.75 Å². The zero-order valence-corrected chi connectivity index (χ0v) is 22.2. The van der Waals surface area contributed by atoms with Gasteiger partial charge in [0, 0.05) is 23.0 Å². The van der Waals surface area contributed by atoms with Gasteiger partial charge < -0.3 is 25.0 Å². The number of fused-ring (bicyclic) bond motifs is 1. The van der Waals surface area contributed by atoms with Crippen molar-refractivity contribution in [3.63, 3.8) is 0 Å². The molecule has 3 aromatic carbocycles. The second-order valence-electron chi connectivity index (χ2n) is 8.72. The number of rotatable bonds is 8. The van der Waals surface area contributed by atoms with Crippen molar-refractivity contribution in [3.8, 4) is 5.75 Å². The van der Waals surface area contributed by atoms with Gasteiger partial charge in [-0.25, -0.2) is 18.0 Å². The molecule has 0 radical (unpaired) electrons. The summed E-state index contributed by atoms with van der Waals surface area (Å²) in [4.78, 5) is 34.1. The average molecular weight is 599 g/mol. The normalized spacial score (nSPS) is 15.1. The second-order valence-corrected chi connectivity index (χ2v) is 10.6. The molecule has 3 aromatic rings. The molecule has 15 heteroatoms. The molecule has 220 valence electrons. The van der Waals surface area contributed by atoms with E-state index in [2.05, 4.69) is 0 Å². The van der Waals surface area contributed by atoms with Gasteiger partial charge in [0.15, 0.2) is 0 Å². The number of methoxy groups -OCH3 is 1. The van der Waals surface area contributed by atoms with Crippen molar-refractivity contribution in [3.05, 3.63) is 60.7 Å². The van der Waals surface area contributed by atoms with Crippen molar-refractivity contribution < 1.29 is 56.0 Å². The number of anilines is 2. The standard InChI is InChI=1S/C24H24N2O7S.C2HF3O2/c1-33-16-8-10-17(11-9-16)34(31,32)26(15-23(27)28)21-13-12-20(18-5-2-3-6-19(18)21)25-14-4-7-22(25)24(29)30;3-2(4,5)1(6)7/h2-3,5-6,8-13,22H,4,7,14-15H2,1H3,(H,27,28)(H,29,30);(H,6,7)/t22-;/m0./s1. The molecule has 1 aliphatic rings. The highest BCUT2D eigenvalue weighted by atomic mass is 32.2. The van der Waals surface area contributed by atoms with Gasteiger partial charge in [-0.1, -0.05) is 24.3 Å². The summed E-state index contributed by atoms with van der Waals surface area (Å²) in [6.45, 7) is -0.220. The molecule has 0 aliphatic carbocycles. The molecule has 0 unspecified atom stereocenters. The van der Waals surface area contributed by atoms with Gasteiger partial charge in [-0.05, 0) is 49.2 Å². The molecule has 1 heterocycles. The minimum Gasteiger partial charge on any atom is -0.497 e. The van der Waals surface area contributed by atoms with E-state index in [-0.39, 0.29) is 10.6 Å². The second kappa shape index (κ2) is 12.3. The lowest BCUT2D eigenvalue weighted by atomic mass is 10.0. The molecule has 1 saturated heterocycles. The molecular formula is C26H25F3N2O9S. The average Bonchev–Trinajstić information content (AvgIpc) is 3.41. The summed E-state index contributed by atoms with van der Waals surface area (Å²) in [5.41, 5.74) is 0.866. The van der Waals surface area contributed by atoms with Crippen LogP contribution in [0.25, 0.3) is 10.8 Å². The van der Waals surface area contributed by atoms with E-state index in [9.17, 15) is 41.4 Å². The van der Waals surface area contributed by atoms with Gasteiger partial charge in [0.2, 0.25) is 0 Å². The summed E-state index contributed by atoms with van der Waals surface area (Å²) < 4.78 is 64.7. The van der Waals surface area contributed by atoms with Gasteiger partial charge in [0.1, 0.15) is 18.3 Å². The largest absolute Gasteiger partial charge is 0.497 e. The SMILES string of the molecule is COc1ccc(S(=O)(=O)N(CC(=O)O)c2ccc(N3CCC[C@H]3C(=O)O)c3ccccc23)cc1.O=C(O)C(F)(F)F. The quantitative estimate of drug-likeness (QED) is 0.348. The van der Waals surface area contributed by atoms with Crippen molar-refractivity contribution in [2.45, 2.75) is 30.0 Å². The van der Waals surface area contributed by atoms with E-state index in [0.29, 0.717) is 35.2 Å². The number of benzene rings is 3. The smallest absolute Gasteiger partial charge is 0.490 e. The van der Waals surface area contributed by atoms with Gasteiger partial charge >= 0.3 is 24.1 Å². The molecule has 3 N–H and O–H groups in total. The first-order chi connectivity index (χ1) is 19.2. The maximum atomic E-state index is 13.5. The molecule has 4 rings (SSSR count). The molecule has 0 bridgehead atoms. The zero-order chi connectivity index (χ0) is 30.5. The molecule has 0 saturated carbocycles. The van der Waals surface area contributed by atoms with Crippen LogP contribution < -0.4 is 13.9 Å². The van der Waals surface area contributed by atoms with Crippen LogP contribution in [0.3, 0.4) is 0 Å². The summed E-state index contributed by atoms with van der Waals surface area (Å²) in [6, 6.07) is 15.2. The minimum atomic E-state index is -5.08. The molecule has 11 nitrogen and oxygen atoms in total. The Hall–Kier alpha value is -4.53. The van der Waals surface area contributed by atoms with Crippen molar-refractivity contribution in [2.24, 2.45) is 0 Å². The van der Waals surface area contributed by atoms with E-state index < -0.39 is 46.7 Å². The number of carbonyl (C=O) groups is 3. The Morgan fingerprint density at radius 2 is 1.56 bits per heavy atom. The summed E-state index contributed by atoms with van der Waals surface area (Å²) in [5.74, 6) is -4.51. The number of alkyl halides is 3. The first-order valence-electron chi connectivity index (χ1n) is 11.9. The fourth-order valence-electron chi connectivity index (χ4n) is 4.34. The molecule has 0 amide bonds. The Bertz CT molecular complexity index is 1540. The third-order valence-corrected chi connectivity index (χ3v) is 7.94. The molecular weight excluding hydrogens is 573 g/mol. The van der Waals surface area contributed by atoms with E-state index in [1.807, 2.05) is 0 Å².